The first-order chi connectivity index (χ1) is 8.64. The minimum absolute atomic E-state index is 0.390. The van der Waals surface area contributed by atoms with E-state index in [2.05, 4.69) is 13.2 Å². The molecule has 1 rings (SSSR count). The number of hydrogen-bond acceptors (Lipinski definition) is 2. The molecule has 0 spiro atoms. The lowest BCUT2D eigenvalue weighted by molar-refractivity contribution is -0.152. The van der Waals surface area contributed by atoms with Gasteiger partial charge in [0, 0.05) is 0 Å². The molecule has 106 valence electrons. The van der Waals surface area contributed by atoms with Crippen LogP contribution < -0.4 is 0 Å². The Morgan fingerprint density at radius 2 is 2.00 bits per heavy atom. The largest absolute Gasteiger partial charge is 0.481 e. The van der Waals surface area contributed by atoms with Gasteiger partial charge in [-0.05, 0) is 56.5 Å². The molecule has 1 fully saturated rings. The number of carboxylic acid groups (broad SMARTS) is 1. The fourth-order valence-corrected chi connectivity index (χ4v) is 3.57. The molecule has 0 aromatic heterocycles. The molecule has 0 aromatic rings. The monoisotopic (exact) mass is 272 g/mol. The first kappa shape index (κ1) is 15.9. The van der Waals surface area contributed by atoms with Crippen LogP contribution in [0.5, 0.6) is 0 Å². The number of carboxylic acids is 1. The summed E-state index contributed by atoms with van der Waals surface area (Å²) in [6, 6.07) is 0. The second-order valence-electron chi connectivity index (χ2n) is 5.77. The first-order valence-electron chi connectivity index (χ1n) is 7.37. The number of hydrogen-bond donors (Lipinski definition) is 1. The van der Waals surface area contributed by atoms with E-state index in [1.807, 2.05) is 11.8 Å². The van der Waals surface area contributed by atoms with Crippen LogP contribution >= 0.6 is 11.8 Å². The maximum Gasteiger partial charge on any atom is 0.309 e. The average molecular weight is 272 g/mol. The molecule has 1 N–H and O–H groups in total. The van der Waals surface area contributed by atoms with Gasteiger partial charge in [-0.3, -0.25) is 4.79 Å². The highest BCUT2D eigenvalue weighted by molar-refractivity contribution is 7.98. The van der Waals surface area contributed by atoms with E-state index in [1.54, 1.807) is 0 Å². The van der Waals surface area contributed by atoms with Crippen LogP contribution in [0, 0.1) is 11.3 Å². The first-order valence-corrected chi connectivity index (χ1v) is 8.76. The second kappa shape index (κ2) is 8.08. The van der Waals surface area contributed by atoms with Gasteiger partial charge in [0.2, 0.25) is 0 Å². The summed E-state index contributed by atoms with van der Waals surface area (Å²) in [5.74, 6) is 1.34. The fourth-order valence-electron chi connectivity index (χ4n) is 3.14. The number of aliphatic carboxylic acids is 1. The molecule has 0 amide bonds. The minimum Gasteiger partial charge on any atom is -0.481 e. The SMILES string of the molecule is CCCCC1CCC(CCCSC)(C(=O)O)CC1. The maximum atomic E-state index is 11.6. The Hall–Kier alpha value is -0.180. The van der Waals surface area contributed by atoms with Gasteiger partial charge >= 0.3 is 5.97 Å². The van der Waals surface area contributed by atoms with Gasteiger partial charge in [0.05, 0.1) is 5.41 Å². The molecule has 1 saturated carbocycles. The Kier molecular flexibility index (Phi) is 7.13. The summed E-state index contributed by atoms with van der Waals surface area (Å²) < 4.78 is 0. The molecule has 0 aromatic carbocycles. The molecule has 18 heavy (non-hydrogen) atoms. The summed E-state index contributed by atoms with van der Waals surface area (Å²) in [5, 5.41) is 9.54. The van der Waals surface area contributed by atoms with Crippen LogP contribution in [0.2, 0.25) is 0 Å². The van der Waals surface area contributed by atoms with E-state index in [-0.39, 0.29) is 0 Å². The normalized spacial score (nSPS) is 28.2. The van der Waals surface area contributed by atoms with E-state index < -0.39 is 11.4 Å². The zero-order valence-corrected chi connectivity index (χ0v) is 12.7. The maximum absolute atomic E-state index is 11.6. The Morgan fingerprint density at radius 3 is 2.50 bits per heavy atom. The van der Waals surface area contributed by atoms with Gasteiger partial charge < -0.3 is 5.11 Å². The van der Waals surface area contributed by atoms with Crippen LogP contribution in [0.15, 0.2) is 0 Å². The molecule has 0 saturated heterocycles. The van der Waals surface area contributed by atoms with Crippen molar-refractivity contribution in [3.8, 4) is 0 Å². The molecule has 0 aliphatic heterocycles. The smallest absolute Gasteiger partial charge is 0.309 e. The van der Waals surface area contributed by atoms with E-state index in [1.165, 1.54) is 19.3 Å². The van der Waals surface area contributed by atoms with E-state index in [4.69, 9.17) is 0 Å². The predicted molar refractivity (Wildman–Crippen MR) is 79.2 cm³/mol. The Morgan fingerprint density at radius 1 is 1.33 bits per heavy atom. The number of thioether (sulfide) groups is 1. The van der Waals surface area contributed by atoms with Crippen LogP contribution in [-0.4, -0.2) is 23.1 Å². The van der Waals surface area contributed by atoms with Crippen molar-refractivity contribution < 1.29 is 9.90 Å². The van der Waals surface area contributed by atoms with Crippen molar-refractivity contribution in [2.24, 2.45) is 11.3 Å². The predicted octanol–water partition coefficient (Wildman–Crippen LogP) is 4.58. The zero-order chi connectivity index (χ0) is 13.4. The van der Waals surface area contributed by atoms with E-state index in [9.17, 15) is 9.90 Å². The summed E-state index contributed by atoms with van der Waals surface area (Å²) in [6.45, 7) is 2.23. The zero-order valence-electron chi connectivity index (χ0n) is 11.9. The molecular formula is C15H28O2S. The molecule has 0 radical (unpaired) electrons. The lowest BCUT2D eigenvalue weighted by Gasteiger charge is -2.37. The van der Waals surface area contributed by atoms with Crippen LogP contribution in [0.4, 0.5) is 0 Å². The number of unbranched alkanes of at least 4 members (excludes halogenated alkanes) is 1. The van der Waals surface area contributed by atoms with E-state index in [0.29, 0.717) is 0 Å². The van der Waals surface area contributed by atoms with Crippen LogP contribution in [0.3, 0.4) is 0 Å². The third-order valence-corrected chi connectivity index (χ3v) is 5.18. The van der Waals surface area contributed by atoms with Gasteiger partial charge in [-0.1, -0.05) is 26.2 Å². The molecule has 0 bridgehead atoms. The minimum atomic E-state index is -0.544. The van der Waals surface area contributed by atoms with Crippen molar-refractivity contribution in [1.29, 1.82) is 0 Å². The number of rotatable bonds is 8. The molecule has 0 unspecified atom stereocenters. The molecule has 1 aliphatic carbocycles. The quantitative estimate of drug-likeness (QED) is 0.657. The topological polar surface area (TPSA) is 37.3 Å². The summed E-state index contributed by atoms with van der Waals surface area (Å²) >= 11 is 1.82. The lowest BCUT2D eigenvalue weighted by Crippen LogP contribution is -2.35. The molecule has 2 nitrogen and oxygen atoms in total. The third-order valence-electron chi connectivity index (χ3n) is 4.49. The molecule has 3 heteroatoms. The van der Waals surface area contributed by atoms with Gasteiger partial charge in [0.1, 0.15) is 0 Å². The van der Waals surface area contributed by atoms with Gasteiger partial charge in [-0.25, -0.2) is 0 Å². The summed E-state index contributed by atoms with van der Waals surface area (Å²) in [5.41, 5.74) is -0.390. The Labute approximate surface area is 116 Å². The van der Waals surface area contributed by atoms with Gasteiger partial charge in [-0.15, -0.1) is 0 Å². The highest BCUT2D eigenvalue weighted by atomic mass is 32.2. The van der Waals surface area contributed by atoms with Crippen molar-refractivity contribution in [2.75, 3.05) is 12.0 Å². The van der Waals surface area contributed by atoms with Gasteiger partial charge in [0.25, 0.3) is 0 Å². The van der Waals surface area contributed by atoms with Crippen molar-refractivity contribution in [1.82, 2.24) is 0 Å². The van der Waals surface area contributed by atoms with Gasteiger partial charge in [-0.2, -0.15) is 11.8 Å². The second-order valence-corrected chi connectivity index (χ2v) is 6.75. The fraction of sp³-hybridized carbons (Fsp3) is 0.933. The summed E-state index contributed by atoms with van der Waals surface area (Å²) in [4.78, 5) is 11.6. The van der Waals surface area contributed by atoms with Crippen molar-refractivity contribution in [2.45, 2.75) is 64.7 Å². The highest BCUT2D eigenvalue weighted by Gasteiger charge is 2.40. The Balaban J connectivity index is 2.44. The average Bonchev–Trinajstić information content (AvgIpc) is 2.38. The standard InChI is InChI=1S/C15H28O2S/c1-3-4-6-13-7-10-15(11-8-13,14(16)17)9-5-12-18-2/h13H,3-12H2,1-2H3,(H,16,17). The third kappa shape index (κ3) is 4.49. The van der Waals surface area contributed by atoms with Gasteiger partial charge in [0.15, 0.2) is 0 Å². The Bertz CT molecular complexity index is 245. The summed E-state index contributed by atoms with van der Waals surface area (Å²) in [7, 11) is 0. The molecule has 0 heterocycles. The lowest BCUT2D eigenvalue weighted by atomic mass is 9.67. The molecular weight excluding hydrogens is 244 g/mol. The van der Waals surface area contributed by atoms with Crippen molar-refractivity contribution in [3.05, 3.63) is 0 Å². The van der Waals surface area contributed by atoms with E-state index >= 15 is 0 Å². The highest BCUT2D eigenvalue weighted by Crippen LogP contribution is 2.44. The van der Waals surface area contributed by atoms with Crippen molar-refractivity contribution in [3.63, 3.8) is 0 Å². The number of carbonyl (C=O) groups is 1. The van der Waals surface area contributed by atoms with Crippen molar-refractivity contribution >= 4 is 17.7 Å². The van der Waals surface area contributed by atoms with Crippen LogP contribution in [-0.2, 0) is 4.79 Å². The van der Waals surface area contributed by atoms with Crippen LogP contribution in [0.25, 0.3) is 0 Å². The van der Waals surface area contributed by atoms with E-state index in [0.717, 1.165) is 50.2 Å². The van der Waals surface area contributed by atoms with Crippen LogP contribution in [0.1, 0.15) is 64.7 Å². The summed E-state index contributed by atoms with van der Waals surface area (Å²) in [6.07, 6.45) is 12.0. The molecule has 1 aliphatic rings. The molecule has 0 atom stereocenters.